The smallest absolute Gasteiger partial charge is 0.0289 e. The van der Waals surface area contributed by atoms with Crippen LogP contribution in [-0.2, 0) is 5.33 Å². The van der Waals surface area contributed by atoms with Gasteiger partial charge in [0.05, 0.1) is 0 Å². The van der Waals surface area contributed by atoms with Crippen LogP contribution in [-0.4, -0.2) is 0 Å². The lowest BCUT2D eigenvalue weighted by Gasteiger charge is -2.10. The fraction of sp³-hybridized carbons (Fsp3) is 0.0588. The molecule has 1 heteroatoms. The maximum atomic E-state index is 3.57. The Balaban J connectivity index is 2.32. The molecule has 0 aliphatic heterocycles. The van der Waals surface area contributed by atoms with Gasteiger partial charge in [-0.1, -0.05) is 82.7 Å². The highest BCUT2D eigenvalue weighted by Crippen LogP contribution is 2.31. The summed E-state index contributed by atoms with van der Waals surface area (Å²) in [6.45, 7) is 0. The minimum absolute atomic E-state index is 0.881. The predicted molar refractivity (Wildman–Crippen MR) is 82.0 cm³/mol. The van der Waals surface area contributed by atoms with Crippen LogP contribution in [0.4, 0.5) is 0 Å². The average Bonchev–Trinajstić information content (AvgIpc) is 2.46. The van der Waals surface area contributed by atoms with Crippen LogP contribution >= 0.6 is 15.9 Å². The first kappa shape index (κ1) is 11.5. The van der Waals surface area contributed by atoms with E-state index in [2.05, 4.69) is 82.7 Å². The molecule has 3 aromatic rings. The van der Waals surface area contributed by atoms with Gasteiger partial charge in [-0.15, -0.1) is 0 Å². The summed E-state index contributed by atoms with van der Waals surface area (Å²) in [5.74, 6) is 0. The number of alkyl halides is 1. The van der Waals surface area contributed by atoms with Gasteiger partial charge in [0.25, 0.3) is 0 Å². The molecule has 0 nitrogen and oxygen atoms in total. The number of hydrogen-bond donors (Lipinski definition) is 0. The molecular formula is C17H13Br. The van der Waals surface area contributed by atoms with E-state index in [9.17, 15) is 0 Å². The quantitative estimate of drug-likeness (QED) is 0.555. The van der Waals surface area contributed by atoms with Crippen LogP contribution in [0.2, 0.25) is 0 Å². The Labute approximate surface area is 115 Å². The van der Waals surface area contributed by atoms with Crippen LogP contribution in [0.1, 0.15) is 5.56 Å². The van der Waals surface area contributed by atoms with Gasteiger partial charge in [0.1, 0.15) is 0 Å². The zero-order valence-electron chi connectivity index (χ0n) is 9.94. The van der Waals surface area contributed by atoms with E-state index in [1.807, 2.05) is 0 Å². The molecule has 0 spiro atoms. The molecule has 3 rings (SSSR count). The Kier molecular flexibility index (Phi) is 3.16. The maximum absolute atomic E-state index is 3.57. The second-order valence-corrected chi connectivity index (χ2v) is 4.88. The standard InChI is InChI=1S/C17H13Br/c18-12-14-7-2-4-10-16(14)17-11-5-8-13-6-1-3-9-15(13)17/h1-11H,12H2. The molecule has 0 heterocycles. The summed E-state index contributed by atoms with van der Waals surface area (Å²) >= 11 is 3.57. The SMILES string of the molecule is BrCc1ccccc1-c1cccc2ccccc12. The first-order valence-corrected chi connectivity index (χ1v) is 7.14. The molecule has 88 valence electrons. The van der Waals surface area contributed by atoms with Crippen LogP contribution in [0, 0.1) is 0 Å². The molecule has 0 radical (unpaired) electrons. The Bertz CT molecular complexity index is 681. The third-order valence-corrected chi connectivity index (χ3v) is 3.85. The molecule has 0 saturated carbocycles. The van der Waals surface area contributed by atoms with Crippen molar-refractivity contribution in [2.45, 2.75) is 5.33 Å². The van der Waals surface area contributed by atoms with Crippen LogP contribution in [0.25, 0.3) is 21.9 Å². The number of hydrogen-bond acceptors (Lipinski definition) is 0. The lowest BCUT2D eigenvalue weighted by atomic mass is 9.95. The van der Waals surface area contributed by atoms with Crippen molar-refractivity contribution in [1.82, 2.24) is 0 Å². The van der Waals surface area contributed by atoms with Gasteiger partial charge in [-0.2, -0.15) is 0 Å². The average molecular weight is 297 g/mol. The van der Waals surface area contributed by atoms with Crippen molar-refractivity contribution < 1.29 is 0 Å². The second kappa shape index (κ2) is 4.95. The molecule has 0 fully saturated rings. The third kappa shape index (κ3) is 1.95. The molecule has 0 saturated heterocycles. The second-order valence-electron chi connectivity index (χ2n) is 4.32. The molecule has 0 amide bonds. The van der Waals surface area contributed by atoms with E-state index in [1.165, 1.54) is 27.5 Å². The molecule has 0 aliphatic rings. The zero-order valence-corrected chi connectivity index (χ0v) is 11.5. The van der Waals surface area contributed by atoms with Crippen molar-refractivity contribution in [2.75, 3.05) is 0 Å². The molecule has 0 bridgehead atoms. The Morgan fingerprint density at radius 3 is 2.22 bits per heavy atom. The Morgan fingerprint density at radius 2 is 1.33 bits per heavy atom. The van der Waals surface area contributed by atoms with Gasteiger partial charge in [0.15, 0.2) is 0 Å². The summed E-state index contributed by atoms with van der Waals surface area (Å²) in [4.78, 5) is 0. The third-order valence-electron chi connectivity index (χ3n) is 3.24. The normalized spacial score (nSPS) is 10.7. The molecule has 18 heavy (non-hydrogen) atoms. The largest absolute Gasteiger partial charge is 0.0876 e. The number of benzene rings is 3. The Hall–Kier alpha value is -1.60. The number of halogens is 1. The van der Waals surface area contributed by atoms with Crippen LogP contribution in [0.5, 0.6) is 0 Å². The molecule has 0 aliphatic carbocycles. The fourth-order valence-electron chi connectivity index (χ4n) is 2.36. The van der Waals surface area contributed by atoms with Gasteiger partial charge >= 0.3 is 0 Å². The topological polar surface area (TPSA) is 0 Å². The van der Waals surface area contributed by atoms with Gasteiger partial charge in [0.2, 0.25) is 0 Å². The lowest BCUT2D eigenvalue weighted by Crippen LogP contribution is -1.87. The monoisotopic (exact) mass is 296 g/mol. The van der Waals surface area contributed by atoms with E-state index in [4.69, 9.17) is 0 Å². The van der Waals surface area contributed by atoms with Crippen molar-refractivity contribution in [2.24, 2.45) is 0 Å². The molecular weight excluding hydrogens is 284 g/mol. The number of fused-ring (bicyclic) bond motifs is 1. The number of rotatable bonds is 2. The van der Waals surface area contributed by atoms with Gasteiger partial charge in [-0.3, -0.25) is 0 Å². The van der Waals surface area contributed by atoms with Crippen molar-refractivity contribution in [3.63, 3.8) is 0 Å². The van der Waals surface area contributed by atoms with Crippen molar-refractivity contribution in [3.05, 3.63) is 72.3 Å². The van der Waals surface area contributed by atoms with Gasteiger partial charge in [0, 0.05) is 5.33 Å². The van der Waals surface area contributed by atoms with Gasteiger partial charge in [-0.05, 0) is 27.5 Å². The molecule has 3 aromatic carbocycles. The van der Waals surface area contributed by atoms with Crippen LogP contribution in [0.15, 0.2) is 66.7 Å². The Morgan fingerprint density at radius 1 is 0.667 bits per heavy atom. The van der Waals surface area contributed by atoms with Crippen LogP contribution < -0.4 is 0 Å². The van der Waals surface area contributed by atoms with E-state index >= 15 is 0 Å². The highest BCUT2D eigenvalue weighted by Gasteiger charge is 2.06. The van der Waals surface area contributed by atoms with Crippen molar-refractivity contribution >= 4 is 26.7 Å². The predicted octanol–water partition coefficient (Wildman–Crippen LogP) is 5.40. The van der Waals surface area contributed by atoms with E-state index in [0.29, 0.717) is 0 Å². The van der Waals surface area contributed by atoms with E-state index in [0.717, 1.165) is 5.33 Å². The van der Waals surface area contributed by atoms with E-state index in [1.54, 1.807) is 0 Å². The van der Waals surface area contributed by atoms with Crippen molar-refractivity contribution in [3.8, 4) is 11.1 Å². The first-order chi connectivity index (χ1) is 8.90. The summed E-state index contributed by atoms with van der Waals surface area (Å²) in [6.07, 6.45) is 0. The summed E-state index contributed by atoms with van der Waals surface area (Å²) in [7, 11) is 0. The summed E-state index contributed by atoms with van der Waals surface area (Å²) in [6, 6.07) is 23.6. The van der Waals surface area contributed by atoms with Crippen molar-refractivity contribution in [1.29, 1.82) is 0 Å². The first-order valence-electron chi connectivity index (χ1n) is 6.02. The molecule has 0 atom stereocenters. The van der Waals surface area contributed by atoms with Gasteiger partial charge in [-0.25, -0.2) is 0 Å². The molecule has 0 unspecified atom stereocenters. The van der Waals surface area contributed by atoms with E-state index in [-0.39, 0.29) is 0 Å². The summed E-state index contributed by atoms with van der Waals surface area (Å²) < 4.78 is 0. The van der Waals surface area contributed by atoms with Crippen LogP contribution in [0.3, 0.4) is 0 Å². The summed E-state index contributed by atoms with van der Waals surface area (Å²) in [5.41, 5.74) is 3.95. The fourth-order valence-corrected chi connectivity index (χ4v) is 2.85. The maximum Gasteiger partial charge on any atom is 0.0289 e. The molecule has 0 N–H and O–H groups in total. The minimum Gasteiger partial charge on any atom is -0.0876 e. The summed E-state index contributed by atoms with van der Waals surface area (Å²) in [5, 5.41) is 3.49. The minimum atomic E-state index is 0.881. The van der Waals surface area contributed by atoms with E-state index < -0.39 is 0 Å². The highest BCUT2D eigenvalue weighted by atomic mass is 79.9. The highest BCUT2D eigenvalue weighted by molar-refractivity contribution is 9.08. The lowest BCUT2D eigenvalue weighted by molar-refractivity contribution is 1.43. The molecule has 0 aromatic heterocycles. The van der Waals surface area contributed by atoms with Gasteiger partial charge < -0.3 is 0 Å². The zero-order chi connectivity index (χ0) is 12.4.